The van der Waals surface area contributed by atoms with Crippen LogP contribution in [0.2, 0.25) is 0 Å². The quantitative estimate of drug-likeness (QED) is 0.270. The van der Waals surface area contributed by atoms with Gasteiger partial charge >= 0.3 is 0 Å². The number of anilines is 1. The minimum absolute atomic E-state index is 0.0132. The second kappa shape index (κ2) is 10.3. The number of carbonyl (C=O) groups is 1. The Hall–Kier alpha value is -2.26. The third kappa shape index (κ3) is 5.87. The van der Waals surface area contributed by atoms with Crippen molar-refractivity contribution in [2.45, 2.75) is 37.4 Å². The molecule has 3 aromatic rings. The molecule has 0 saturated heterocycles. The van der Waals surface area contributed by atoms with Crippen molar-refractivity contribution >= 4 is 34.0 Å². The largest absolute Gasteiger partial charge is 0.414 e. The minimum Gasteiger partial charge on any atom is -0.414 e. The number of rotatable bonds is 11. The Balaban J connectivity index is 1.45. The Kier molecular flexibility index (Phi) is 7.55. The number of hydrogen-bond acceptors (Lipinski definition) is 9. The van der Waals surface area contributed by atoms with Gasteiger partial charge in [0, 0.05) is 12.1 Å². The first-order valence-electron chi connectivity index (χ1n) is 9.28. The average Bonchev–Trinajstić information content (AvgIpc) is 3.40. The fourth-order valence-electron chi connectivity index (χ4n) is 2.41. The molecule has 0 aliphatic rings. The SMILES string of the molecule is CC[C@H](C)CCCNc1nnc(SCC(=O)c2nnc(-c3ccccc3)o2)s1. The van der Waals surface area contributed by atoms with Crippen LogP contribution in [0.5, 0.6) is 0 Å². The molecule has 0 unspecified atom stereocenters. The monoisotopic (exact) mass is 417 g/mol. The molecule has 2 aromatic heterocycles. The van der Waals surface area contributed by atoms with Crippen LogP contribution in [-0.4, -0.2) is 38.5 Å². The highest BCUT2D eigenvalue weighted by Gasteiger charge is 2.17. The molecule has 0 aliphatic heterocycles. The molecule has 0 saturated carbocycles. The Morgan fingerprint density at radius 2 is 2.04 bits per heavy atom. The van der Waals surface area contributed by atoms with Crippen LogP contribution in [0.1, 0.15) is 43.8 Å². The highest BCUT2D eigenvalue weighted by Crippen LogP contribution is 2.26. The summed E-state index contributed by atoms with van der Waals surface area (Å²) in [4.78, 5) is 12.3. The van der Waals surface area contributed by atoms with E-state index in [1.165, 1.54) is 35.9 Å². The molecule has 1 atom stereocenters. The van der Waals surface area contributed by atoms with Crippen LogP contribution in [0.25, 0.3) is 11.5 Å². The van der Waals surface area contributed by atoms with Crippen LogP contribution in [0.3, 0.4) is 0 Å². The fraction of sp³-hybridized carbons (Fsp3) is 0.421. The Bertz CT molecular complexity index is 881. The maximum Gasteiger partial charge on any atom is 0.285 e. The van der Waals surface area contributed by atoms with E-state index in [1.807, 2.05) is 30.3 Å². The number of carbonyl (C=O) groups excluding carboxylic acids is 1. The van der Waals surface area contributed by atoms with Crippen LogP contribution in [-0.2, 0) is 0 Å². The molecule has 7 nitrogen and oxygen atoms in total. The van der Waals surface area contributed by atoms with E-state index in [4.69, 9.17) is 4.42 Å². The summed E-state index contributed by atoms with van der Waals surface area (Å²) in [5.74, 6) is 1.06. The summed E-state index contributed by atoms with van der Waals surface area (Å²) in [6.07, 6.45) is 3.52. The lowest BCUT2D eigenvalue weighted by molar-refractivity contribution is 0.0986. The molecule has 0 spiro atoms. The van der Waals surface area contributed by atoms with Crippen molar-refractivity contribution in [1.82, 2.24) is 20.4 Å². The van der Waals surface area contributed by atoms with Crippen molar-refractivity contribution in [2.24, 2.45) is 5.92 Å². The van der Waals surface area contributed by atoms with Gasteiger partial charge < -0.3 is 9.73 Å². The van der Waals surface area contributed by atoms with E-state index < -0.39 is 0 Å². The standard InChI is InChI=1S/C19H23N5O2S2/c1-3-13(2)8-7-11-20-18-23-24-19(28-18)27-12-15(25)17-22-21-16(26-17)14-9-5-4-6-10-14/h4-6,9-10,13H,3,7-8,11-12H2,1-2H3,(H,20,23)/t13-/m0/s1. The van der Waals surface area contributed by atoms with Crippen molar-refractivity contribution in [2.75, 3.05) is 17.6 Å². The lowest BCUT2D eigenvalue weighted by Crippen LogP contribution is -2.03. The van der Waals surface area contributed by atoms with E-state index in [0.29, 0.717) is 5.89 Å². The minimum atomic E-state index is -0.224. The summed E-state index contributed by atoms with van der Waals surface area (Å²) in [6, 6.07) is 9.37. The van der Waals surface area contributed by atoms with E-state index in [-0.39, 0.29) is 17.4 Å². The van der Waals surface area contributed by atoms with Crippen LogP contribution in [0.15, 0.2) is 39.1 Å². The molecule has 0 amide bonds. The van der Waals surface area contributed by atoms with Crippen molar-refractivity contribution in [3.63, 3.8) is 0 Å². The van der Waals surface area contributed by atoms with Gasteiger partial charge in [0.05, 0.1) is 5.75 Å². The van der Waals surface area contributed by atoms with Crippen molar-refractivity contribution in [3.05, 3.63) is 36.2 Å². The third-order valence-electron chi connectivity index (χ3n) is 4.26. The summed E-state index contributed by atoms with van der Waals surface area (Å²) in [6.45, 7) is 5.36. The third-order valence-corrected chi connectivity index (χ3v) is 6.28. The lowest BCUT2D eigenvalue weighted by Gasteiger charge is -2.07. The summed E-state index contributed by atoms with van der Waals surface area (Å²) in [5, 5.41) is 20.1. The van der Waals surface area contributed by atoms with Crippen molar-refractivity contribution in [3.8, 4) is 11.5 Å². The molecule has 148 valence electrons. The predicted octanol–water partition coefficient (Wildman–Crippen LogP) is 4.80. The zero-order valence-electron chi connectivity index (χ0n) is 15.9. The second-order valence-corrected chi connectivity index (χ2v) is 8.65. The van der Waals surface area contributed by atoms with Gasteiger partial charge in [0.1, 0.15) is 0 Å². The molecule has 2 heterocycles. The van der Waals surface area contributed by atoms with Crippen molar-refractivity contribution in [1.29, 1.82) is 0 Å². The number of thioether (sulfide) groups is 1. The normalized spacial score (nSPS) is 12.1. The van der Waals surface area contributed by atoms with Crippen LogP contribution in [0.4, 0.5) is 5.13 Å². The molecule has 3 rings (SSSR count). The highest BCUT2D eigenvalue weighted by molar-refractivity contribution is 8.01. The summed E-state index contributed by atoms with van der Waals surface area (Å²) < 4.78 is 6.23. The molecule has 0 fully saturated rings. The molecule has 0 radical (unpaired) electrons. The molecule has 9 heteroatoms. The van der Waals surface area contributed by atoms with Gasteiger partial charge in [0.25, 0.3) is 5.89 Å². The van der Waals surface area contributed by atoms with Gasteiger partial charge in [0.2, 0.25) is 16.8 Å². The number of nitrogens with zero attached hydrogens (tertiary/aromatic N) is 4. The summed E-state index contributed by atoms with van der Waals surface area (Å²) >= 11 is 2.77. The molecular formula is C19H23N5O2S2. The smallest absolute Gasteiger partial charge is 0.285 e. The maximum absolute atomic E-state index is 12.3. The first-order chi connectivity index (χ1) is 13.7. The number of aromatic nitrogens is 4. The van der Waals surface area contributed by atoms with E-state index >= 15 is 0 Å². The van der Waals surface area contributed by atoms with Gasteiger partial charge in [-0.05, 0) is 30.9 Å². The zero-order chi connectivity index (χ0) is 19.8. The van der Waals surface area contributed by atoms with E-state index in [9.17, 15) is 4.79 Å². The topological polar surface area (TPSA) is 93.8 Å². The summed E-state index contributed by atoms with van der Waals surface area (Å²) in [7, 11) is 0. The molecule has 1 aromatic carbocycles. The van der Waals surface area contributed by atoms with Crippen LogP contribution in [0, 0.1) is 5.92 Å². The van der Waals surface area contributed by atoms with E-state index in [2.05, 4.69) is 39.6 Å². The van der Waals surface area contributed by atoms with Gasteiger partial charge in [-0.3, -0.25) is 4.79 Å². The number of hydrogen-bond donors (Lipinski definition) is 1. The van der Waals surface area contributed by atoms with E-state index in [1.54, 1.807) is 0 Å². The number of nitrogens with one attached hydrogen (secondary N) is 1. The average molecular weight is 418 g/mol. The number of Topliss-reactive ketones (excluding diaryl/α,β-unsaturated/α-hetero) is 1. The van der Waals surface area contributed by atoms with Gasteiger partial charge in [-0.2, -0.15) is 0 Å². The number of ketones is 1. The van der Waals surface area contributed by atoms with Gasteiger partial charge in [-0.1, -0.05) is 61.6 Å². The van der Waals surface area contributed by atoms with Gasteiger partial charge in [-0.15, -0.1) is 20.4 Å². The van der Waals surface area contributed by atoms with Gasteiger partial charge in [-0.25, -0.2) is 0 Å². The zero-order valence-corrected chi connectivity index (χ0v) is 17.6. The maximum atomic E-state index is 12.3. The molecule has 0 aliphatic carbocycles. The molecule has 28 heavy (non-hydrogen) atoms. The Morgan fingerprint density at radius 1 is 1.21 bits per heavy atom. The Labute approximate surface area is 172 Å². The van der Waals surface area contributed by atoms with Crippen molar-refractivity contribution < 1.29 is 9.21 Å². The Morgan fingerprint density at radius 3 is 2.82 bits per heavy atom. The first-order valence-corrected chi connectivity index (χ1v) is 11.1. The molecule has 1 N–H and O–H groups in total. The fourth-order valence-corrected chi connectivity index (χ4v) is 4.04. The van der Waals surface area contributed by atoms with Crippen LogP contribution >= 0.6 is 23.1 Å². The lowest BCUT2D eigenvalue weighted by atomic mass is 10.0. The molecular weight excluding hydrogens is 394 g/mol. The molecule has 0 bridgehead atoms. The van der Waals surface area contributed by atoms with Gasteiger partial charge in [0.15, 0.2) is 4.34 Å². The summed E-state index contributed by atoms with van der Waals surface area (Å²) in [5.41, 5.74) is 0.787. The first kappa shape index (κ1) is 20.5. The van der Waals surface area contributed by atoms with E-state index in [0.717, 1.165) is 33.9 Å². The highest BCUT2D eigenvalue weighted by atomic mass is 32.2. The number of benzene rings is 1. The van der Waals surface area contributed by atoms with Crippen LogP contribution < -0.4 is 5.32 Å². The predicted molar refractivity (Wildman–Crippen MR) is 112 cm³/mol. The second-order valence-electron chi connectivity index (χ2n) is 6.45.